The van der Waals surface area contributed by atoms with Crippen molar-refractivity contribution in [3.05, 3.63) is 48.0 Å². The van der Waals surface area contributed by atoms with Crippen LogP contribution in [0.3, 0.4) is 0 Å². The number of allylic oxidation sites excluding steroid dienone is 1. The monoisotopic (exact) mass is 314 g/mol. The van der Waals surface area contributed by atoms with Crippen LogP contribution in [-0.2, 0) is 9.59 Å². The number of nitrogens with zero attached hydrogens (tertiary/aromatic N) is 1. The van der Waals surface area contributed by atoms with E-state index in [1.54, 1.807) is 24.3 Å². The first kappa shape index (κ1) is 16.6. The maximum Gasteiger partial charge on any atom is 0.253 e. The van der Waals surface area contributed by atoms with Crippen molar-refractivity contribution in [1.82, 2.24) is 4.90 Å². The number of hydrogen-bond donors (Lipinski definition) is 1. The summed E-state index contributed by atoms with van der Waals surface area (Å²) in [6, 6.07) is 6.26. The number of benzene rings is 1. The first-order chi connectivity index (χ1) is 10.8. The van der Waals surface area contributed by atoms with Crippen LogP contribution in [0.2, 0.25) is 0 Å². The van der Waals surface area contributed by atoms with Crippen molar-refractivity contribution in [2.75, 3.05) is 13.1 Å². The second-order valence-corrected chi connectivity index (χ2v) is 5.57. The molecule has 0 spiro atoms. The number of amides is 2. The number of carbonyl (C=O) groups excluding carboxylic acids is 4. The van der Waals surface area contributed by atoms with Crippen molar-refractivity contribution in [3.63, 3.8) is 0 Å². The number of nitrogens with two attached hydrogens (primary N) is 1. The Hall–Kier alpha value is -2.76. The predicted octanol–water partition coefficient (Wildman–Crippen LogP) is 0.818. The van der Waals surface area contributed by atoms with E-state index in [2.05, 4.69) is 6.58 Å². The smallest absolute Gasteiger partial charge is 0.253 e. The van der Waals surface area contributed by atoms with E-state index in [9.17, 15) is 19.2 Å². The molecule has 0 bridgehead atoms. The van der Waals surface area contributed by atoms with Crippen molar-refractivity contribution < 1.29 is 19.2 Å². The fourth-order valence-corrected chi connectivity index (χ4v) is 2.73. The molecule has 1 heterocycles. The van der Waals surface area contributed by atoms with Crippen LogP contribution < -0.4 is 5.73 Å². The van der Waals surface area contributed by atoms with E-state index in [0.29, 0.717) is 11.1 Å². The molecular formula is C17H18N2O4. The zero-order valence-corrected chi connectivity index (χ0v) is 12.8. The molecule has 0 unspecified atom stereocenters. The van der Waals surface area contributed by atoms with Crippen LogP contribution in [0.5, 0.6) is 0 Å². The summed E-state index contributed by atoms with van der Waals surface area (Å²) >= 11 is 0. The zero-order valence-electron chi connectivity index (χ0n) is 12.8. The topological polar surface area (TPSA) is 97.5 Å². The lowest BCUT2D eigenvalue weighted by molar-refractivity contribution is -0.127. The van der Waals surface area contributed by atoms with Gasteiger partial charge in [-0.1, -0.05) is 18.7 Å². The molecule has 120 valence electrons. The van der Waals surface area contributed by atoms with Gasteiger partial charge in [0.1, 0.15) is 0 Å². The highest BCUT2D eigenvalue weighted by Crippen LogP contribution is 2.26. The maximum absolute atomic E-state index is 12.5. The van der Waals surface area contributed by atoms with Gasteiger partial charge in [0.15, 0.2) is 11.6 Å². The fraction of sp³-hybridized carbons (Fsp3) is 0.294. The minimum atomic E-state index is -0.707. The lowest BCUT2D eigenvalue weighted by atomic mass is 9.91. The molecule has 6 heteroatoms. The van der Waals surface area contributed by atoms with Gasteiger partial charge in [-0.2, -0.15) is 0 Å². The number of primary amides is 1. The number of carbonyl (C=O) groups is 4. The van der Waals surface area contributed by atoms with Gasteiger partial charge in [0.2, 0.25) is 5.91 Å². The van der Waals surface area contributed by atoms with Crippen LogP contribution in [0.25, 0.3) is 0 Å². The number of hydrogen-bond acceptors (Lipinski definition) is 4. The zero-order chi connectivity index (χ0) is 17.1. The number of rotatable bonds is 5. The molecule has 1 fully saturated rings. The minimum absolute atomic E-state index is 0.0874. The standard InChI is InChI=1S/C17H18N2O4/c1-3-15(21)13-8-19(9-14(13)16(18)22)17(23)12-6-4-11(5-7-12)10(2)20/h3-7,13-14H,1,8-9H2,2H3,(H2,18,22)/t13-,14-/m1/s1. The third-order valence-electron chi connectivity index (χ3n) is 4.08. The van der Waals surface area contributed by atoms with Gasteiger partial charge in [-0.15, -0.1) is 0 Å². The number of ketones is 2. The molecule has 1 aromatic rings. The molecule has 0 saturated carbocycles. The second kappa shape index (κ2) is 6.56. The Bertz CT molecular complexity index is 678. The van der Waals surface area contributed by atoms with Crippen LogP contribution in [0.15, 0.2) is 36.9 Å². The van der Waals surface area contributed by atoms with Gasteiger partial charge < -0.3 is 10.6 Å². The van der Waals surface area contributed by atoms with Gasteiger partial charge >= 0.3 is 0 Å². The van der Waals surface area contributed by atoms with Crippen molar-refractivity contribution in [2.45, 2.75) is 6.92 Å². The first-order valence-corrected chi connectivity index (χ1v) is 7.21. The maximum atomic E-state index is 12.5. The van der Waals surface area contributed by atoms with E-state index in [1.807, 2.05) is 0 Å². The Balaban J connectivity index is 2.19. The summed E-state index contributed by atoms with van der Waals surface area (Å²) in [5.74, 6) is -2.64. The van der Waals surface area contributed by atoms with E-state index in [1.165, 1.54) is 11.8 Å². The molecular weight excluding hydrogens is 296 g/mol. The lowest BCUT2D eigenvalue weighted by Crippen LogP contribution is -2.33. The van der Waals surface area contributed by atoms with Crippen molar-refractivity contribution in [1.29, 1.82) is 0 Å². The predicted molar refractivity (Wildman–Crippen MR) is 83.7 cm³/mol. The molecule has 2 N–H and O–H groups in total. The normalized spacial score (nSPS) is 20.1. The van der Waals surface area contributed by atoms with Gasteiger partial charge in [-0.25, -0.2) is 0 Å². The molecule has 6 nitrogen and oxygen atoms in total. The van der Waals surface area contributed by atoms with E-state index in [-0.39, 0.29) is 30.6 Å². The number of likely N-dealkylation sites (tertiary alicyclic amines) is 1. The Labute approximate surface area is 133 Å². The van der Waals surface area contributed by atoms with Gasteiger partial charge in [-0.3, -0.25) is 19.2 Å². The lowest BCUT2D eigenvalue weighted by Gasteiger charge is -2.16. The van der Waals surface area contributed by atoms with Gasteiger partial charge in [-0.05, 0) is 25.1 Å². The average molecular weight is 314 g/mol. The molecule has 1 aromatic carbocycles. The van der Waals surface area contributed by atoms with E-state index in [4.69, 9.17) is 5.73 Å². The van der Waals surface area contributed by atoms with Gasteiger partial charge in [0.05, 0.1) is 11.8 Å². The van der Waals surface area contributed by atoms with E-state index >= 15 is 0 Å². The van der Waals surface area contributed by atoms with Crippen LogP contribution in [-0.4, -0.2) is 41.4 Å². The van der Waals surface area contributed by atoms with Crippen LogP contribution >= 0.6 is 0 Å². The summed E-state index contributed by atoms with van der Waals surface area (Å²) < 4.78 is 0. The Kier molecular flexibility index (Phi) is 4.74. The summed E-state index contributed by atoms with van der Waals surface area (Å²) in [5.41, 5.74) is 6.24. The van der Waals surface area contributed by atoms with Crippen molar-refractivity contribution in [3.8, 4) is 0 Å². The molecule has 1 saturated heterocycles. The summed E-state index contributed by atoms with van der Waals surface area (Å²) in [6.07, 6.45) is 1.15. The molecule has 0 aromatic heterocycles. The third-order valence-corrected chi connectivity index (χ3v) is 4.08. The SMILES string of the molecule is C=CC(=O)[C@@H]1CN(C(=O)c2ccc(C(C)=O)cc2)C[C@H]1C(N)=O. The largest absolute Gasteiger partial charge is 0.369 e. The van der Waals surface area contributed by atoms with Crippen LogP contribution in [0, 0.1) is 11.8 Å². The highest BCUT2D eigenvalue weighted by atomic mass is 16.2. The molecule has 23 heavy (non-hydrogen) atoms. The fourth-order valence-electron chi connectivity index (χ4n) is 2.73. The second-order valence-electron chi connectivity index (χ2n) is 5.57. The van der Waals surface area contributed by atoms with Crippen molar-refractivity contribution in [2.24, 2.45) is 17.6 Å². The number of Topliss-reactive ketones (excluding diaryl/α,β-unsaturated/α-hetero) is 1. The molecule has 1 aliphatic heterocycles. The minimum Gasteiger partial charge on any atom is -0.369 e. The molecule has 2 amide bonds. The summed E-state index contributed by atoms with van der Waals surface area (Å²) in [4.78, 5) is 48.6. The first-order valence-electron chi connectivity index (χ1n) is 7.21. The van der Waals surface area contributed by atoms with Crippen LogP contribution in [0.1, 0.15) is 27.6 Å². The van der Waals surface area contributed by atoms with Gasteiger partial charge in [0.25, 0.3) is 5.91 Å². The quantitative estimate of drug-likeness (QED) is 0.642. The molecule has 0 radical (unpaired) electrons. The summed E-state index contributed by atoms with van der Waals surface area (Å²) in [5, 5.41) is 0. The molecule has 1 aliphatic rings. The Morgan fingerprint density at radius 1 is 1.09 bits per heavy atom. The van der Waals surface area contributed by atoms with E-state index < -0.39 is 17.7 Å². The van der Waals surface area contributed by atoms with Crippen molar-refractivity contribution >= 4 is 23.4 Å². The van der Waals surface area contributed by atoms with Gasteiger partial charge in [0, 0.05) is 24.2 Å². The molecule has 2 atom stereocenters. The third kappa shape index (κ3) is 3.36. The van der Waals surface area contributed by atoms with Crippen LogP contribution in [0.4, 0.5) is 0 Å². The summed E-state index contributed by atoms with van der Waals surface area (Å²) in [7, 11) is 0. The molecule has 0 aliphatic carbocycles. The molecule has 2 rings (SSSR count). The highest BCUT2D eigenvalue weighted by Gasteiger charge is 2.41. The van der Waals surface area contributed by atoms with E-state index in [0.717, 1.165) is 6.08 Å². The Morgan fingerprint density at radius 3 is 2.09 bits per heavy atom. The summed E-state index contributed by atoms with van der Waals surface area (Å²) in [6.45, 7) is 5.10. The average Bonchev–Trinajstić information content (AvgIpc) is 2.99. The Morgan fingerprint density at radius 2 is 1.61 bits per heavy atom. The highest BCUT2D eigenvalue weighted by molar-refractivity contribution is 6.00.